The zero-order valence-corrected chi connectivity index (χ0v) is 51.5. The van der Waals surface area contributed by atoms with Gasteiger partial charge in [-0.05, 0) is 177 Å². The van der Waals surface area contributed by atoms with E-state index in [4.69, 9.17) is 19.9 Å². The number of rotatable bonds is 4. The van der Waals surface area contributed by atoms with Crippen LogP contribution in [0.25, 0.3) is 156 Å². The molecule has 8 bridgehead atoms. The van der Waals surface area contributed by atoms with Crippen LogP contribution in [-0.2, 0) is 38.7 Å². The fourth-order valence-electron chi connectivity index (χ4n) is 13.4. The van der Waals surface area contributed by atoms with Crippen LogP contribution in [0.15, 0.2) is 170 Å². The fraction of sp³-hybridized carbons (Fsp3) is 0.200. The van der Waals surface area contributed by atoms with Gasteiger partial charge in [0.25, 0.3) is 0 Å². The molecule has 0 unspecified atom stereocenters. The molecule has 419 valence electrons. The number of hydrogen-bond donors (Lipinski definition) is 0. The number of hydrogen-bond acceptors (Lipinski definition) is 2. The topological polar surface area (TPSA) is 54.0 Å². The summed E-state index contributed by atoms with van der Waals surface area (Å²) >= 11 is 0. The quantitative estimate of drug-likeness (QED) is 0.130. The molecule has 4 nitrogen and oxygen atoms in total. The van der Waals surface area contributed by atoms with Crippen molar-refractivity contribution in [2.24, 2.45) is 0 Å². The summed E-state index contributed by atoms with van der Waals surface area (Å²) in [5, 5.41) is 14.7. The monoisotopic (exact) mass is 1150 g/mol. The minimum atomic E-state index is -0.128. The molecule has 13 aromatic rings. The van der Waals surface area contributed by atoms with Gasteiger partial charge in [-0.3, -0.25) is 0 Å². The molecule has 2 aliphatic rings. The van der Waals surface area contributed by atoms with E-state index in [-0.39, 0.29) is 38.7 Å². The third-order valence-electron chi connectivity index (χ3n) is 18.1. The zero-order valence-electron chi connectivity index (χ0n) is 50.6. The van der Waals surface area contributed by atoms with Gasteiger partial charge in [0.2, 0.25) is 0 Å². The molecule has 3 aromatic heterocycles. The Kier molecular flexibility index (Phi) is 12.3. The summed E-state index contributed by atoms with van der Waals surface area (Å²) < 4.78 is 0. The van der Waals surface area contributed by atoms with Crippen molar-refractivity contribution in [2.45, 2.75) is 105 Å². The second-order valence-corrected chi connectivity index (χ2v) is 27.9. The molecular formula is C80H68CuN4. The number of aromatic nitrogens is 4. The van der Waals surface area contributed by atoms with E-state index >= 15 is 0 Å². The average Bonchev–Trinajstić information content (AvgIpc) is 1.71. The molecule has 0 saturated heterocycles. The van der Waals surface area contributed by atoms with Crippen LogP contribution in [0.4, 0.5) is 0 Å². The van der Waals surface area contributed by atoms with Crippen molar-refractivity contribution in [2.75, 3.05) is 0 Å². The molecule has 0 N–H and O–H groups in total. The summed E-state index contributed by atoms with van der Waals surface area (Å²) in [5.41, 5.74) is 19.6. The third-order valence-corrected chi connectivity index (χ3v) is 18.1. The summed E-state index contributed by atoms with van der Waals surface area (Å²) in [6.07, 6.45) is 8.88. The van der Waals surface area contributed by atoms with E-state index in [1.54, 1.807) is 0 Å². The van der Waals surface area contributed by atoms with Gasteiger partial charge >= 0.3 is 17.1 Å². The molecule has 1 radical (unpaired) electrons. The summed E-state index contributed by atoms with van der Waals surface area (Å²) in [4.78, 5) is 23.5. The average molecular weight is 1150 g/mol. The molecule has 15 rings (SSSR count). The van der Waals surface area contributed by atoms with Gasteiger partial charge in [0.15, 0.2) is 0 Å². The maximum Gasteiger partial charge on any atom is 2.00 e. The molecule has 5 heterocycles. The molecule has 0 saturated carbocycles. The van der Waals surface area contributed by atoms with Crippen LogP contribution in [0.5, 0.6) is 0 Å². The normalized spacial score (nSPS) is 13.2. The van der Waals surface area contributed by atoms with Crippen LogP contribution in [0.3, 0.4) is 0 Å². The maximum absolute atomic E-state index is 5.87. The van der Waals surface area contributed by atoms with Gasteiger partial charge in [-0.15, -0.1) is 22.1 Å². The Morgan fingerprint density at radius 1 is 0.282 bits per heavy atom. The molecule has 0 spiro atoms. The number of nitrogens with zero attached hydrogens (tertiary/aromatic N) is 4. The Labute approximate surface area is 509 Å². The minimum Gasteiger partial charge on any atom is -0.657 e. The van der Waals surface area contributed by atoms with E-state index in [0.29, 0.717) is 0 Å². The molecule has 5 heteroatoms. The second kappa shape index (κ2) is 19.2. The first-order valence-electron chi connectivity index (χ1n) is 29.8. The van der Waals surface area contributed by atoms with Crippen molar-refractivity contribution in [3.63, 3.8) is 0 Å². The Bertz CT molecular complexity index is 4750. The zero-order chi connectivity index (χ0) is 57.9. The Hall–Kier alpha value is -8.60. The summed E-state index contributed by atoms with van der Waals surface area (Å²) in [6.45, 7) is 27.7. The van der Waals surface area contributed by atoms with Crippen LogP contribution >= 0.6 is 0 Å². The summed E-state index contributed by atoms with van der Waals surface area (Å²) in [7, 11) is 0. The first-order valence-corrected chi connectivity index (χ1v) is 29.8. The Morgan fingerprint density at radius 3 is 0.871 bits per heavy atom. The predicted octanol–water partition coefficient (Wildman–Crippen LogP) is 21.6. The standard InChI is InChI=1S/C80H68N4.Cu/c1-77(2,3)53-39-51(40-54(43-53)78(4,5)6)73-61-31-35-65(81-61)75(59-29-25-49-21-19-45-15-13-17-47-23-27-57(59)71(49)69(45)47)67-37-33-63(83-67)74(52-41-55(79(7,8)9)44-56(42-52)80(10,11)12)64-34-38-68(84-64)76(66-36-32-62(73)82-66)60-30-26-50-22-20-46-16-14-18-48-24-28-58(60)72(50)70(46)48;/h13-44H,1-12H3;/q-2;+2. The Morgan fingerprint density at radius 2 is 0.553 bits per heavy atom. The van der Waals surface area contributed by atoms with Gasteiger partial charge in [-0.1, -0.05) is 253 Å². The van der Waals surface area contributed by atoms with E-state index in [1.165, 1.54) is 86.9 Å². The van der Waals surface area contributed by atoms with E-state index in [0.717, 1.165) is 89.4 Å². The van der Waals surface area contributed by atoms with E-state index in [2.05, 4.69) is 277 Å². The van der Waals surface area contributed by atoms with E-state index < -0.39 is 0 Å². The maximum atomic E-state index is 5.87. The van der Waals surface area contributed by atoms with Crippen molar-refractivity contribution in [3.05, 3.63) is 215 Å². The smallest absolute Gasteiger partial charge is 0.657 e. The number of fused-ring (bicyclic) bond motifs is 8. The first-order chi connectivity index (χ1) is 40.1. The van der Waals surface area contributed by atoms with Gasteiger partial charge in [-0.25, -0.2) is 9.97 Å². The van der Waals surface area contributed by atoms with Gasteiger partial charge < -0.3 is 9.97 Å². The van der Waals surface area contributed by atoms with Crippen LogP contribution in [0.2, 0.25) is 0 Å². The van der Waals surface area contributed by atoms with Gasteiger partial charge in [-0.2, -0.15) is 0 Å². The SMILES string of the molecule is CC(C)(C)c1cc(-c2c3nc(c(-c4ccc5ccc6cccc7ccc4c5c67)c4ccc([n-]4)c(-c4cc(C(C)(C)C)cc(C(C)(C)C)c4)c4nc(c(-c5ccc6ccc7cccc8ccc5c6c78)c5ccc2[n-]5)C=C4)C=C3)cc(C(C)(C)C)c1.[Cu+2]. The van der Waals surface area contributed by atoms with Gasteiger partial charge in [0, 0.05) is 0 Å². The third kappa shape index (κ3) is 8.92. The number of benzene rings is 10. The van der Waals surface area contributed by atoms with Crippen molar-refractivity contribution in [3.8, 4) is 44.5 Å². The summed E-state index contributed by atoms with van der Waals surface area (Å²) in [5.74, 6) is 0. The van der Waals surface area contributed by atoms with Crippen LogP contribution in [0, 0.1) is 0 Å². The molecular weight excluding hydrogens is 1080 g/mol. The largest absolute Gasteiger partial charge is 2.00 e. The van der Waals surface area contributed by atoms with Crippen molar-refractivity contribution in [1.29, 1.82) is 0 Å². The molecule has 10 aromatic carbocycles. The molecule has 2 aliphatic heterocycles. The Balaban J connectivity index is 0.00000640. The van der Waals surface area contributed by atoms with Crippen LogP contribution in [0.1, 0.15) is 128 Å². The first kappa shape index (κ1) is 54.3. The van der Waals surface area contributed by atoms with Crippen molar-refractivity contribution in [1.82, 2.24) is 19.9 Å². The predicted molar refractivity (Wildman–Crippen MR) is 361 cm³/mol. The molecule has 0 atom stereocenters. The fourth-order valence-corrected chi connectivity index (χ4v) is 13.4. The molecule has 85 heavy (non-hydrogen) atoms. The molecule has 0 aliphatic carbocycles. The van der Waals surface area contributed by atoms with Crippen LogP contribution in [-0.4, -0.2) is 9.97 Å². The van der Waals surface area contributed by atoms with Crippen molar-refractivity contribution >= 4 is 111 Å². The molecule has 0 amide bonds. The van der Waals surface area contributed by atoms with Gasteiger partial charge in [0.1, 0.15) is 0 Å². The second-order valence-electron chi connectivity index (χ2n) is 27.9. The van der Waals surface area contributed by atoms with E-state index in [9.17, 15) is 0 Å². The summed E-state index contributed by atoms with van der Waals surface area (Å²) in [6, 6.07) is 63.9. The van der Waals surface area contributed by atoms with Gasteiger partial charge in [0.05, 0.1) is 22.8 Å². The minimum absolute atomic E-state index is 0. The van der Waals surface area contributed by atoms with E-state index in [1.807, 2.05) is 0 Å². The van der Waals surface area contributed by atoms with Crippen molar-refractivity contribution < 1.29 is 17.1 Å². The molecule has 0 fully saturated rings. The van der Waals surface area contributed by atoms with Crippen LogP contribution < -0.4 is 9.97 Å².